The van der Waals surface area contributed by atoms with E-state index in [0.717, 1.165) is 95.7 Å². The van der Waals surface area contributed by atoms with Gasteiger partial charge in [0, 0.05) is 48.3 Å². The molecule has 14 unspecified atom stereocenters. The number of piperidine rings is 2. The Kier molecular flexibility index (Phi) is 10.4. The van der Waals surface area contributed by atoms with Gasteiger partial charge in [0.2, 0.25) is 0 Å². The molecule has 4 heteroatoms. The highest BCUT2D eigenvalue weighted by molar-refractivity contribution is 5.11. The Hall–Kier alpha value is -0.160. The van der Waals surface area contributed by atoms with Gasteiger partial charge in [0.15, 0.2) is 0 Å². The molecule has 0 bridgehead atoms. The molecule has 0 aromatic rings. The van der Waals surface area contributed by atoms with Gasteiger partial charge in [-0.3, -0.25) is 9.80 Å². The molecule has 10 aliphatic rings. The van der Waals surface area contributed by atoms with Crippen LogP contribution < -0.4 is 10.6 Å². The fourth-order valence-electron chi connectivity index (χ4n) is 17.1. The first kappa shape index (κ1) is 34.3. The highest BCUT2D eigenvalue weighted by Gasteiger charge is 2.59. The minimum atomic E-state index is 0.823. The number of fused-ring (bicyclic) bond motifs is 2. The maximum absolute atomic E-state index is 4.08. The van der Waals surface area contributed by atoms with Crippen LogP contribution in [0, 0.1) is 47.3 Å². The standard InChI is InChI=1S/C46H78N4/c1-3-11-33(12-4-1)49(43-27-29-47-39-17-9-7-15-35(39)43)41-25-21-31-20-24-38-42(26-22-32-19-23-37(41)45(31)46(32)38)50(34-13-5-2-6-14-34)44-28-30-48-40-18-10-8-16-36(40)44/h31-48H,1-30H2. The molecule has 10 fully saturated rings. The Labute approximate surface area is 308 Å². The van der Waals surface area contributed by atoms with E-state index in [-0.39, 0.29) is 0 Å². The largest absolute Gasteiger partial charge is 0.314 e. The van der Waals surface area contributed by atoms with Crippen molar-refractivity contribution in [1.29, 1.82) is 0 Å². The van der Waals surface area contributed by atoms with Crippen LogP contribution in [0.4, 0.5) is 0 Å². The summed E-state index contributed by atoms with van der Waals surface area (Å²) in [4.78, 5) is 6.86. The molecule has 2 N–H and O–H groups in total. The molecule has 2 saturated heterocycles. The summed E-state index contributed by atoms with van der Waals surface area (Å²) in [6.45, 7) is 2.59. The first-order valence-electron chi connectivity index (χ1n) is 23.8. The van der Waals surface area contributed by atoms with Crippen molar-refractivity contribution in [3.63, 3.8) is 0 Å². The zero-order valence-corrected chi connectivity index (χ0v) is 32.3. The fraction of sp³-hybridized carbons (Fsp3) is 1.00. The summed E-state index contributed by atoms with van der Waals surface area (Å²) in [5.74, 6) is 8.15. The van der Waals surface area contributed by atoms with Crippen LogP contribution in [-0.2, 0) is 0 Å². The average molecular weight is 687 g/mol. The van der Waals surface area contributed by atoms with Crippen molar-refractivity contribution in [3.8, 4) is 0 Å². The Bertz CT molecular complexity index is 1020. The smallest absolute Gasteiger partial charge is 0.0156 e. The lowest BCUT2D eigenvalue weighted by Gasteiger charge is -2.65. The molecule has 2 aliphatic heterocycles. The number of hydrogen-bond donors (Lipinski definition) is 2. The minimum Gasteiger partial charge on any atom is -0.314 e. The Morgan fingerprint density at radius 1 is 0.300 bits per heavy atom. The van der Waals surface area contributed by atoms with Crippen molar-refractivity contribution in [2.24, 2.45) is 47.3 Å². The highest BCUT2D eigenvalue weighted by Crippen LogP contribution is 2.62. The van der Waals surface area contributed by atoms with Crippen molar-refractivity contribution in [3.05, 3.63) is 0 Å². The van der Waals surface area contributed by atoms with Crippen LogP contribution in [0.2, 0.25) is 0 Å². The summed E-state index contributed by atoms with van der Waals surface area (Å²) in [6.07, 6.45) is 42.5. The quantitative estimate of drug-likeness (QED) is 0.291. The van der Waals surface area contributed by atoms with Crippen LogP contribution >= 0.6 is 0 Å². The molecule has 8 aliphatic carbocycles. The van der Waals surface area contributed by atoms with Crippen molar-refractivity contribution >= 4 is 0 Å². The molecule has 50 heavy (non-hydrogen) atoms. The Morgan fingerprint density at radius 3 is 1.14 bits per heavy atom. The Morgan fingerprint density at radius 2 is 0.680 bits per heavy atom. The SMILES string of the molecule is C1CCC(N(C2CCNC3CCCCC32)C2CCC3CCC4C5C(CCC2C35)CCC4N(C2CCCCC2)C2CCNC3CCCCC32)CC1. The first-order chi connectivity index (χ1) is 24.8. The zero-order chi connectivity index (χ0) is 33.0. The summed E-state index contributed by atoms with van der Waals surface area (Å²) < 4.78 is 0. The molecule has 0 amide bonds. The van der Waals surface area contributed by atoms with E-state index in [9.17, 15) is 0 Å². The van der Waals surface area contributed by atoms with Crippen molar-refractivity contribution in [1.82, 2.24) is 20.4 Å². The molecule has 4 nitrogen and oxygen atoms in total. The molecule has 14 atom stereocenters. The molecule has 0 spiro atoms. The molecule has 0 radical (unpaired) electrons. The van der Waals surface area contributed by atoms with Gasteiger partial charge in [-0.25, -0.2) is 0 Å². The number of nitrogens with one attached hydrogen (secondary N) is 2. The van der Waals surface area contributed by atoms with Gasteiger partial charge in [0.05, 0.1) is 0 Å². The predicted octanol–water partition coefficient (Wildman–Crippen LogP) is 9.71. The fourth-order valence-corrected chi connectivity index (χ4v) is 17.1. The average Bonchev–Trinajstić information content (AvgIpc) is 3.19. The third-order valence-electron chi connectivity index (χ3n) is 18.8. The second-order valence-corrected chi connectivity index (χ2v) is 20.7. The lowest BCUT2D eigenvalue weighted by molar-refractivity contribution is -0.155. The van der Waals surface area contributed by atoms with E-state index in [0.29, 0.717) is 0 Å². The normalized spacial score (nSPS) is 48.8. The van der Waals surface area contributed by atoms with Crippen molar-refractivity contribution in [2.45, 2.75) is 228 Å². The molecule has 0 aromatic carbocycles. The summed E-state index contributed by atoms with van der Waals surface area (Å²) in [5.41, 5.74) is 0. The van der Waals surface area contributed by atoms with Crippen molar-refractivity contribution < 1.29 is 0 Å². The molecule has 8 saturated carbocycles. The van der Waals surface area contributed by atoms with Crippen LogP contribution in [0.5, 0.6) is 0 Å². The molecular weight excluding hydrogens is 609 g/mol. The van der Waals surface area contributed by atoms with Crippen LogP contribution in [0.25, 0.3) is 0 Å². The monoisotopic (exact) mass is 687 g/mol. The summed E-state index contributed by atoms with van der Waals surface area (Å²) in [5, 5.41) is 8.16. The molecule has 0 aromatic heterocycles. The van der Waals surface area contributed by atoms with E-state index in [4.69, 9.17) is 0 Å². The maximum atomic E-state index is 4.08. The second kappa shape index (κ2) is 15.2. The van der Waals surface area contributed by atoms with Gasteiger partial charge in [-0.05, 0) is 176 Å². The zero-order valence-electron chi connectivity index (χ0n) is 32.3. The van der Waals surface area contributed by atoms with Crippen LogP contribution in [0.1, 0.15) is 180 Å². The third-order valence-corrected chi connectivity index (χ3v) is 18.8. The number of nitrogens with zero attached hydrogens (tertiary/aromatic N) is 2. The maximum Gasteiger partial charge on any atom is 0.0156 e. The highest BCUT2D eigenvalue weighted by atomic mass is 15.3. The van der Waals surface area contributed by atoms with Gasteiger partial charge in [-0.15, -0.1) is 0 Å². The molecule has 282 valence electrons. The number of hydrogen-bond acceptors (Lipinski definition) is 4. The Balaban J connectivity index is 0.964. The third kappa shape index (κ3) is 6.23. The summed E-state index contributed by atoms with van der Waals surface area (Å²) in [6, 6.07) is 7.03. The van der Waals surface area contributed by atoms with Gasteiger partial charge >= 0.3 is 0 Å². The topological polar surface area (TPSA) is 30.5 Å². The van der Waals surface area contributed by atoms with Crippen LogP contribution in [0.15, 0.2) is 0 Å². The van der Waals surface area contributed by atoms with Crippen LogP contribution in [0.3, 0.4) is 0 Å². The predicted molar refractivity (Wildman–Crippen MR) is 207 cm³/mol. The molecule has 10 rings (SSSR count). The van der Waals surface area contributed by atoms with Gasteiger partial charge < -0.3 is 10.6 Å². The van der Waals surface area contributed by atoms with E-state index in [1.807, 2.05) is 0 Å². The van der Waals surface area contributed by atoms with Gasteiger partial charge in [-0.2, -0.15) is 0 Å². The van der Waals surface area contributed by atoms with E-state index < -0.39 is 0 Å². The lowest BCUT2D eigenvalue weighted by atomic mass is 9.46. The summed E-state index contributed by atoms with van der Waals surface area (Å²) in [7, 11) is 0. The van der Waals surface area contributed by atoms with Gasteiger partial charge in [-0.1, -0.05) is 64.2 Å². The molecular formula is C46H78N4. The van der Waals surface area contributed by atoms with Crippen molar-refractivity contribution in [2.75, 3.05) is 13.1 Å². The summed E-state index contributed by atoms with van der Waals surface area (Å²) >= 11 is 0. The van der Waals surface area contributed by atoms with E-state index in [2.05, 4.69) is 20.4 Å². The second-order valence-electron chi connectivity index (χ2n) is 20.7. The van der Waals surface area contributed by atoms with Gasteiger partial charge in [0.25, 0.3) is 0 Å². The number of rotatable bonds is 6. The van der Waals surface area contributed by atoms with Crippen LogP contribution in [-0.4, -0.2) is 71.2 Å². The van der Waals surface area contributed by atoms with E-state index in [1.54, 1.807) is 51.4 Å². The van der Waals surface area contributed by atoms with Gasteiger partial charge in [0.1, 0.15) is 0 Å². The van der Waals surface area contributed by atoms with E-state index >= 15 is 0 Å². The molecule has 2 heterocycles. The van der Waals surface area contributed by atoms with E-state index in [1.165, 1.54) is 142 Å². The first-order valence-corrected chi connectivity index (χ1v) is 23.8. The minimum absolute atomic E-state index is 0.823. The lowest BCUT2D eigenvalue weighted by Crippen LogP contribution is -2.67.